The molecular weight excluding hydrogens is 595 g/mol. The Morgan fingerprint density at radius 1 is 0.367 bits per heavy atom. The van der Waals surface area contributed by atoms with Crippen LogP contribution in [-0.2, 0) is 0 Å². The number of nitrogens with zero attached hydrogens (tertiary/aromatic N) is 3. The van der Waals surface area contributed by atoms with Crippen molar-refractivity contribution in [3.63, 3.8) is 0 Å². The zero-order valence-electron chi connectivity index (χ0n) is 26.4. The van der Waals surface area contributed by atoms with Gasteiger partial charge in [-0.25, -0.2) is 9.97 Å². The molecule has 0 N–H and O–H groups in total. The summed E-state index contributed by atoms with van der Waals surface area (Å²) in [4.78, 5) is 10.4. The number of benzene rings is 9. The van der Waals surface area contributed by atoms with Crippen LogP contribution in [0.4, 0.5) is 0 Å². The van der Waals surface area contributed by atoms with Gasteiger partial charge in [0.05, 0.1) is 33.5 Å². The van der Waals surface area contributed by atoms with Crippen LogP contribution >= 0.6 is 0 Å². The first kappa shape index (κ1) is 26.5. The van der Waals surface area contributed by atoms with Crippen molar-refractivity contribution in [2.75, 3.05) is 0 Å². The van der Waals surface area contributed by atoms with E-state index in [9.17, 15) is 0 Å². The minimum atomic E-state index is 0.891. The van der Waals surface area contributed by atoms with Crippen LogP contribution in [0.25, 0.3) is 104 Å². The normalized spacial score (nSPS) is 12.1. The quantitative estimate of drug-likeness (QED) is 0.145. The van der Waals surface area contributed by atoms with Crippen molar-refractivity contribution in [2.45, 2.75) is 0 Å². The molecule has 2 heterocycles. The number of para-hydroxylation sites is 2. The molecule has 0 radical (unpaired) electrons. The molecule has 0 atom stereocenters. The first-order valence-corrected chi connectivity index (χ1v) is 16.8. The fraction of sp³-hybridized carbons (Fsp3) is 0. The van der Waals surface area contributed by atoms with Crippen LogP contribution in [0, 0.1) is 0 Å². The highest BCUT2D eigenvalue weighted by Gasteiger charge is 2.23. The van der Waals surface area contributed by atoms with E-state index in [-0.39, 0.29) is 0 Å². The van der Waals surface area contributed by atoms with Gasteiger partial charge in [-0.3, -0.25) is 0 Å². The number of rotatable bonds is 3. The lowest BCUT2D eigenvalue weighted by atomic mass is 9.90. The van der Waals surface area contributed by atoms with Crippen molar-refractivity contribution < 1.29 is 0 Å². The van der Waals surface area contributed by atoms with E-state index in [1.807, 2.05) is 30.3 Å². The summed E-state index contributed by atoms with van der Waals surface area (Å²) in [6.45, 7) is 0. The van der Waals surface area contributed by atoms with Crippen LogP contribution in [0.15, 0.2) is 164 Å². The Bertz CT molecular complexity index is 3100. The van der Waals surface area contributed by atoms with E-state index in [4.69, 9.17) is 9.97 Å². The Kier molecular flexibility index (Phi) is 5.38. The van der Waals surface area contributed by atoms with E-state index in [1.54, 1.807) is 0 Å². The van der Waals surface area contributed by atoms with Gasteiger partial charge in [0.25, 0.3) is 0 Å². The fourth-order valence-corrected chi connectivity index (χ4v) is 8.09. The minimum Gasteiger partial charge on any atom is -0.309 e. The predicted molar refractivity (Wildman–Crippen MR) is 206 cm³/mol. The molecule has 49 heavy (non-hydrogen) atoms. The highest BCUT2D eigenvalue weighted by molar-refractivity contribution is 6.38. The second-order valence-electron chi connectivity index (χ2n) is 13.0. The summed E-state index contributed by atoms with van der Waals surface area (Å²) in [5, 5.41) is 12.5. The summed E-state index contributed by atoms with van der Waals surface area (Å²) < 4.78 is 2.49. The molecule has 226 valence electrons. The molecule has 11 aromatic rings. The summed E-state index contributed by atoms with van der Waals surface area (Å²) in [5.41, 5.74) is 9.32. The van der Waals surface area contributed by atoms with Gasteiger partial charge in [0.1, 0.15) is 0 Å². The molecule has 0 saturated heterocycles. The van der Waals surface area contributed by atoms with Crippen molar-refractivity contribution in [2.24, 2.45) is 0 Å². The molecule has 3 heteroatoms. The zero-order valence-corrected chi connectivity index (χ0v) is 26.4. The summed E-state index contributed by atoms with van der Waals surface area (Å²) >= 11 is 0. The predicted octanol–water partition coefficient (Wildman–Crippen LogP) is 12.1. The Morgan fingerprint density at radius 2 is 1.06 bits per heavy atom. The lowest BCUT2D eigenvalue weighted by Gasteiger charge is -2.14. The molecule has 0 aliphatic rings. The molecule has 2 aromatic heterocycles. The van der Waals surface area contributed by atoms with Gasteiger partial charge in [-0.05, 0) is 80.2 Å². The van der Waals surface area contributed by atoms with Crippen molar-refractivity contribution in [1.29, 1.82) is 0 Å². The smallest absolute Gasteiger partial charge is 0.0973 e. The van der Waals surface area contributed by atoms with Gasteiger partial charge in [-0.2, -0.15) is 0 Å². The van der Waals surface area contributed by atoms with Gasteiger partial charge in [-0.15, -0.1) is 0 Å². The average Bonchev–Trinajstić information content (AvgIpc) is 3.53. The summed E-state index contributed by atoms with van der Waals surface area (Å²) in [6.07, 6.45) is 0. The van der Waals surface area contributed by atoms with Crippen LogP contribution in [0.1, 0.15) is 0 Å². The number of fused-ring (bicyclic) bond motifs is 7. The maximum atomic E-state index is 5.25. The Labute approximate surface area is 281 Å². The molecular formula is C46H27N3. The Hall–Kier alpha value is -6.58. The van der Waals surface area contributed by atoms with Crippen molar-refractivity contribution in [3.8, 4) is 28.2 Å². The third-order valence-electron chi connectivity index (χ3n) is 10.3. The Balaban J connectivity index is 1.28. The van der Waals surface area contributed by atoms with Gasteiger partial charge in [0, 0.05) is 33.0 Å². The second-order valence-corrected chi connectivity index (χ2v) is 13.0. The van der Waals surface area contributed by atoms with Crippen LogP contribution in [0.2, 0.25) is 0 Å². The molecule has 0 aliphatic heterocycles. The van der Waals surface area contributed by atoms with E-state index in [1.165, 1.54) is 70.6 Å². The van der Waals surface area contributed by atoms with Gasteiger partial charge in [-0.1, -0.05) is 121 Å². The molecule has 0 spiro atoms. The summed E-state index contributed by atoms with van der Waals surface area (Å²) in [6, 6.07) is 58.9. The first-order valence-electron chi connectivity index (χ1n) is 16.8. The van der Waals surface area contributed by atoms with E-state index in [2.05, 4.69) is 138 Å². The summed E-state index contributed by atoms with van der Waals surface area (Å²) in [7, 11) is 0. The second kappa shape index (κ2) is 9.96. The standard InChI is InChI=1S/C46H27N3/c1-2-12-29(13-3-1)44-45(48-40-19-9-8-18-39(40)47-44)32-22-24-35-36-17-10-20-41-42(36)43-38(37(35)27-32)26-31-15-6-7-16-34(31)46(43)49(41)33-23-21-28-11-4-5-14-30(28)25-33/h1-27H. The monoisotopic (exact) mass is 621 g/mol. The largest absolute Gasteiger partial charge is 0.309 e. The molecule has 0 aliphatic carbocycles. The van der Waals surface area contributed by atoms with E-state index < -0.39 is 0 Å². The lowest BCUT2D eigenvalue weighted by Crippen LogP contribution is -1.95. The van der Waals surface area contributed by atoms with Crippen LogP contribution in [0.3, 0.4) is 0 Å². The average molecular weight is 622 g/mol. The molecule has 0 fully saturated rings. The molecule has 11 rings (SSSR count). The van der Waals surface area contributed by atoms with Gasteiger partial charge in [0.15, 0.2) is 0 Å². The number of hydrogen-bond donors (Lipinski definition) is 0. The lowest BCUT2D eigenvalue weighted by molar-refractivity contribution is 1.19. The molecule has 0 saturated carbocycles. The van der Waals surface area contributed by atoms with Gasteiger partial charge < -0.3 is 4.57 Å². The van der Waals surface area contributed by atoms with Gasteiger partial charge in [0.2, 0.25) is 0 Å². The number of aromatic nitrogens is 3. The molecule has 0 bridgehead atoms. The summed E-state index contributed by atoms with van der Waals surface area (Å²) in [5.74, 6) is 0. The van der Waals surface area contributed by atoms with E-state index >= 15 is 0 Å². The third-order valence-corrected chi connectivity index (χ3v) is 10.3. The topological polar surface area (TPSA) is 30.7 Å². The maximum absolute atomic E-state index is 5.25. The Morgan fingerprint density at radius 3 is 1.90 bits per heavy atom. The van der Waals surface area contributed by atoms with E-state index in [0.717, 1.165) is 33.5 Å². The van der Waals surface area contributed by atoms with Gasteiger partial charge >= 0.3 is 0 Å². The minimum absolute atomic E-state index is 0.891. The molecule has 0 unspecified atom stereocenters. The first-order chi connectivity index (χ1) is 24.3. The fourth-order valence-electron chi connectivity index (χ4n) is 8.09. The van der Waals surface area contributed by atoms with Crippen LogP contribution in [-0.4, -0.2) is 14.5 Å². The highest BCUT2D eigenvalue weighted by Crippen LogP contribution is 2.47. The van der Waals surface area contributed by atoms with Crippen LogP contribution in [0.5, 0.6) is 0 Å². The zero-order chi connectivity index (χ0) is 32.1. The number of hydrogen-bond acceptors (Lipinski definition) is 2. The maximum Gasteiger partial charge on any atom is 0.0973 e. The highest BCUT2D eigenvalue weighted by atomic mass is 15.0. The molecule has 3 nitrogen and oxygen atoms in total. The van der Waals surface area contributed by atoms with Crippen molar-refractivity contribution in [1.82, 2.24) is 14.5 Å². The van der Waals surface area contributed by atoms with E-state index in [0.29, 0.717) is 0 Å². The third kappa shape index (κ3) is 3.78. The SMILES string of the molecule is c1ccc(-c2nc3ccccc3nc2-c2ccc3c(c2)c2cc4ccccc4c4c2c2c3cccc2n4-c2ccc3ccccc3c2)cc1. The molecule has 0 amide bonds. The van der Waals surface area contributed by atoms with Crippen LogP contribution < -0.4 is 0 Å². The van der Waals surface area contributed by atoms with Crippen molar-refractivity contribution in [3.05, 3.63) is 164 Å². The van der Waals surface area contributed by atoms with Crippen molar-refractivity contribution >= 4 is 75.9 Å². The molecule has 9 aromatic carbocycles.